The summed E-state index contributed by atoms with van der Waals surface area (Å²) in [4.78, 5) is 14.7. The van der Waals surface area contributed by atoms with Crippen molar-refractivity contribution >= 4 is 29.3 Å². The zero-order chi connectivity index (χ0) is 15.0. The molecule has 20 heavy (non-hydrogen) atoms. The fourth-order valence-corrected chi connectivity index (χ4v) is 2.62. The number of hydrogen-bond acceptors (Lipinski definition) is 3. The van der Waals surface area contributed by atoms with Gasteiger partial charge in [-0.25, -0.2) is 0 Å². The molecule has 112 valence electrons. The maximum atomic E-state index is 11.8. The summed E-state index contributed by atoms with van der Waals surface area (Å²) < 4.78 is 0. The summed E-state index contributed by atoms with van der Waals surface area (Å²) in [6.45, 7) is 2.35. The summed E-state index contributed by atoms with van der Waals surface area (Å²) in [6.07, 6.45) is 1.68. The average Bonchev–Trinajstić information content (AvgIpc) is 2.42. The lowest BCUT2D eigenvalue weighted by Crippen LogP contribution is -2.29. The van der Waals surface area contributed by atoms with Gasteiger partial charge in [-0.1, -0.05) is 11.6 Å². The first-order chi connectivity index (χ1) is 9.49. The van der Waals surface area contributed by atoms with Gasteiger partial charge in [0, 0.05) is 29.9 Å². The topological polar surface area (TPSA) is 40.5 Å². The number of thioether (sulfide) groups is 1. The van der Waals surface area contributed by atoms with Crippen LogP contribution in [0.1, 0.15) is 26.2 Å². The molecule has 0 aliphatic carbocycles. The highest BCUT2D eigenvalue weighted by molar-refractivity contribution is 7.99. The van der Waals surface area contributed by atoms with Gasteiger partial charge in [-0.15, -0.1) is 11.8 Å². The van der Waals surface area contributed by atoms with Crippen LogP contribution in [0, 0.1) is 0 Å². The second-order valence-corrected chi connectivity index (χ2v) is 6.46. The summed E-state index contributed by atoms with van der Waals surface area (Å²) in [5.41, 5.74) is 0. The summed E-state index contributed by atoms with van der Waals surface area (Å²) in [7, 11) is 1.79. The summed E-state index contributed by atoms with van der Waals surface area (Å²) >= 11 is 7.56. The average molecular weight is 316 g/mol. The van der Waals surface area contributed by atoms with Crippen molar-refractivity contribution in [2.45, 2.75) is 37.2 Å². The number of halogens is 1. The number of amides is 1. The van der Waals surface area contributed by atoms with Gasteiger partial charge < -0.3 is 10.0 Å². The van der Waals surface area contributed by atoms with E-state index < -0.39 is 0 Å². The van der Waals surface area contributed by atoms with Crippen molar-refractivity contribution < 1.29 is 9.90 Å². The number of hydrogen-bond donors (Lipinski definition) is 1. The number of aliphatic hydroxyl groups excluding tert-OH is 1. The van der Waals surface area contributed by atoms with Crippen molar-refractivity contribution in [1.29, 1.82) is 0 Å². The Labute approximate surface area is 130 Å². The fraction of sp³-hybridized carbons (Fsp3) is 0.533. The van der Waals surface area contributed by atoms with Crippen LogP contribution in [0.3, 0.4) is 0 Å². The highest BCUT2D eigenvalue weighted by Crippen LogP contribution is 2.21. The Morgan fingerprint density at radius 3 is 2.65 bits per heavy atom. The number of aliphatic hydroxyl groups is 1. The van der Waals surface area contributed by atoms with E-state index in [0.717, 1.165) is 17.2 Å². The van der Waals surface area contributed by atoms with Crippen molar-refractivity contribution in [3.8, 4) is 0 Å². The molecule has 0 radical (unpaired) electrons. The zero-order valence-corrected chi connectivity index (χ0v) is 13.6. The Morgan fingerprint density at radius 1 is 1.40 bits per heavy atom. The van der Waals surface area contributed by atoms with Crippen molar-refractivity contribution in [3.05, 3.63) is 29.3 Å². The van der Waals surface area contributed by atoms with Crippen LogP contribution in [-0.4, -0.2) is 41.4 Å². The van der Waals surface area contributed by atoms with Gasteiger partial charge >= 0.3 is 0 Å². The molecule has 1 unspecified atom stereocenters. The molecule has 0 bridgehead atoms. The zero-order valence-electron chi connectivity index (χ0n) is 12.0. The van der Waals surface area contributed by atoms with Crippen LogP contribution in [0.5, 0.6) is 0 Å². The normalized spacial score (nSPS) is 12.2. The first-order valence-corrected chi connectivity index (χ1v) is 8.16. The minimum Gasteiger partial charge on any atom is -0.393 e. The van der Waals surface area contributed by atoms with Crippen LogP contribution in [0.25, 0.3) is 0 Å². The summed E-state index contributed by atoms with van der Waals surface area (Å²) in [5.74, 6) is 1.06. The molecule has 5 heteroatoms. The molecule has 0 saturated heterocycles. The molecule has 1 rings (SSSR count). The minimum absolute atomic E-state index is 0.141. The second kappa shape index (κ2) is 9.27. The molecule has 0 saturated carbocycles. The summed E-state index contributed by atoms with van der Waals surface area (Å²) in [6, 6.07) is 7.73. The van der Waals surface area contributed by atoms with E-state index in [0.29, 0.717) is 19.4 Å². The van der Waals surface area contributed by atoms with Gasteiger partial charge in [-0.05, 0) is 49.8 Å². The maximum absolute atomic E-state index is 11.8. The Bertz CT molecular complexity index is 409. The molecule has 1 N–H and O–H groups in total. The molecular formula is C15H22ClNO2S. The van der Waals surface area contributed by atoms with Crippen molar-refractivity contribution in [2.24, 2.45) is 0 Å². The van der Waals surface area contributed by atoms with Crippen LogP contribution < -0.4 is 0 Å². The highest BCUT2D eigenvalue weighted by atomic mass is 35.5. The Kier molecular flexibility index (Phi) is 8.04. The quantitative estimate of drug-likeness (QED) is 0.590. The van der Waals surface area contributed by atoms with Gasteiger partial charge in [0.25, 0.3) is 0 Å². The highest BCUT2D eigenvalue weighted by Gasteiger charge is 2.09. The van der Waals surface area contributed by atoms with Gasteiger partial charge in [0.2, 0.25) is 5.91 Å². The lowest BCUT2D eigenvalue weighted by atomic mass is 10.2. The lowest BCUT2D eigenvalue weighted by molar-refractivity contribution is -0.130. The van der Waals surface area contributed by atoms with E-state index >= 15 is 0 Å². The van der Waals surface area contributed by atoms with E-state index in [-0.39, 0.29) is 12.0 Å². The van der Waals surface area contributed by atoms with E-state index in [1.54, 1.807) is 30.6 Å². The first-order valence-electron chi connectivity index (χ1n) is 6.79. The van der Waals surface area contributed by atoms with Crippen molar-refractivity contribution in [1.82, 2.24) is 4.90 Å². The number of nitrogens with zero attached hydrogens (tertiary/aromatic N) is 1. The van der Waals surface area contributed by atoms with Crippen LogP contribution in [0.15, 0.2) is 29.2 Å². The molecule has 0 aliphatic rings. The van der Waals surface area contributed by atoms with Crippen LogP contribution in [0.2, 0.25) is 5.02 Å². The molecule has 0 aliphatic heterocycles. The third kappa shape index (κ3) is 7.17. The van der Waals surface area contributed by atoms with Gasteiger partial charge in [-0.3, -0.25) is 4.79 Å². The number of rotatable bonds is 8. The lowest BCUT2D eigenvalue weighted by Gasteiger charge is -2.17. The third-order valence-corrected chi connectivity index (χ3v) is 4.28. The van der Waals surface area contributed by atoms with E-state index in [2.05, 4.69) is 0 Å². The largest absolute Gasteiger partial charge is 0.393 e. The fourth-order valence-electron chi connectivity index (χ4n) is 1.64. The van der Waals surface area contributed by atoms with Crippen LogP contribution in [-0.2, 0) is 4.79 Å². The van der Waals surface area contributed by atoms with Gasteiger partial charge in [0.05, 0.1) is 6.10 Å². The van der Waals surface area contributed by atoms with E-state index in [1.807, 2.05) is 24.3 Å². The monoisotopic (exact) mass is 315 g/mol. The number of benzene rings is 1. The third-order valence-electron chi connectivity index (χ3n) is 2.93. The Hall–Kier alpha value is -0.710. The molecule has 1 amide bonds. The van der Waals surface area contributed by atoms with E-state index in [9.17, 15) is 9.90 Å². The van der Waals surface area contributed by atoms with E-state index in [4.69, 9.17) is 11.6 Å². The van der Waals surface area contributed by atoms with Crippen molar-refractivity contribution in [3.63, 3.8) is 0 Å². The minimum atomic E-state index is -0.356. The summed E-state index contributed by atoms with van der Waals surface area (Å²) in [5, 5.41) is 9.93. The van der Waals surface area contributed by atoms with Crippen LogP contribution >= 0.6 is 23.4 Å². The smallest absolute Gasteiger partial charge is 0.222 e. The Balaban J connectivity index is 2.17. The molecule has 1 aromatic carbocycles. The number of carbonyl (C=O) groups excluding carboxylic acids is 1. The molecule has 0 aromatic heterocycles. The second-order valence-electron chi connectivity index (χ2n) is 4.86. The maximum Gasteiger partial charge on any atom is 0.222 e. The Morgan fingerprint density at radius 2 is 2.05 bits per heavy atom. The number of carbonyl (C=O) groups is 1. The molecular weight excluding hydrogens is 294 g/mol. The predicted octanol–water partition coefficient (Wildman–Crippen LogP) is 3.44. The van der Waals surface area contributed by atoms with Gasteiger partial charge in [-0.2, -0.15) is 0 Å². The standard InChI is InChI=1S/C15H22ClNO2S/c1-12(18)9-10-17(2)15(19)4-3-11-20-14-7-5-13(16)6-8-14/h5-8,12,18H,3-4,9-11H2,1-2H3. The predicted molar refractivity (Wildman–Crippen MR) is 85.3 cm³/mol. The van der Waals surface area contributed by atoms with Crippen LogP contribution in [0.4, 0.5) is 0 Å². The molecule has 0 heterocycles. The molecule has 0 spiro atoms. The molecule has 1 atom stereocenters. The first kappa shape index (κ1) is 17.3. The SMILES string of the molecule is CC(O)CCN(C)C(=O)CCCSc1ccc(Cl)cc1. The van der Waals surface area contributed by atoms with Crippen molar-refractivity contribution in [2.75, 3.05) is 19.3 Å². The van der Waals surface area contributed by atoms with E-state index in [1.165, 1.54) is 4.90 Å². The molecule has 3 nitrogen and oxygen atoms in total. The van der Waals surface area contributed by atoms with Gasteiger partial charge in [0.1, 0.15) is 0 Å². The molecule has 0 fully saturated rings. The van der Waals surface area contributed by atoms with Gasteiger partial charge in [0.15, 0.2) is 0 Å². The molecule has 1 aromatic rings.